The summed E-state index contributed by atoms with van der Waals surface area (Å²) in [4.78, 5) is 8.10. The van der Waals surface area contributed by atoms with Gasteiger partial charge in [-0.05, 0) is 0 Å². The van der Waals surface area contributed by atoms with Crippen molar-refractivity contribution in [3.05, 3.63) is 12.7 Å². The molecule has 6 nitrogen and oxygen atoms in total. The topological polar surface area (TPSA) is 84.9 Å². The van der Waals surface area contributed by atoms with Gasteiger partial charge in [-0.3, -0.25) is 9.13 Å². The molecule has 11 heavy (non-hydrogen) atoms. The second-order valence-corrected chi connectivity index (χ2v) is 3.41. The summed E-state index contributed by atoms with van der Waals surface area (Å²) in [5, 5.41) is 0. The quantitative estimate of drug-likeness (QED) is 0.281. The van der Waals surface area contributed by atoms with Crippen LogP contribution in [-0.4, -0.2) is 11.4 Å². The van der Waals surface area contributed by atoms with Crippen LogP contribution in [0.25, 0.3) is 0 Å². The Hall–Kier alpha value is 0.0400. The Morgan fingerprint density at radius 1 is 1.64 bits per heavy atom. The van der Waals surface area contributed by atoms with Gasteiger partial charge in [0.05, 0.1) is 0 Å². The highest BCUT2D eigenvalue weighted by atomic mass is 31.2. The molecule has 0 rings (SSSR count). The largest absolute Gasteiger partial charge is 0.342 e. The van der Waals surface area contributed by atoms with E-state index in [-0.39, 0.29) is 6.54 Å². The molecule has 2 atom stereocenters. The number of hydrogen-bond acceptors (Lipinski definition) is 5. The van der Waals surface area contributed by atoms with Gasteiger partial charge in [0.25, 0.3) is 0 Å². The first kappa shape index (κ1) is 11.0. The maximum absolute atomic E-state index is 10.4. The molecule has 0 fully saturated rings. The van der Waals surface area contributed by atoms with E-state index in [1.165, 1.54) is 6.08 Å². The van der Waals surface area contributed by atoms with E-state index in [0.717, 1.165) is 0 Å². The van der Waals surface area contributed by atoms with E-state index >= 15 is 0 Å². The Labute approximate surface area is 65.1 Å². The van der Waals surface area contributed by atoms with Crippen molar-refractivity contribution < 1.29 is 23.0 Å². The molecule has 66 valence electrons. The highest BCUT2D eigenvalue weighted by Crippen LogP contribution is 2.34. The summed E-state index contributed by atoms with van der Waals surface area (Å²) in [6, 6.07) is 0. The summed E-state index contributed by atoms with van der Waals surface area (Å²) in [6.45, 7) is 3.62. The van der Waals surface area contributed by atoms with Gasteiger partial charge in [0, 0.05) is 6.54 Å². The first-order chi connectivity index (χ1) is 5.16. The molecule has 0 heterocycles. The van der Waals surface area contributed by atoms with Crippen molar-refractivity contribution in [2.75, 3.05) is 6.54 Å². The molecule has 0 aliphatic carbocycles. The highest BCUT2D eigenvalue weighted by molar-refractivity contribution is 7.47. The van der Waals surface area contributed by atoms with Gasteiger partial charge in [-0.2, -0.15) is 5.48 Å². The third-order valence-corrected chi connectivity index (χ3v) is 2.23. The van der Waals surface area contributed by atoms with Crippen LogP contribution in [0.4, 0.5) is 0 Å². The predicted molar refractivity (Wildman–Crippen MR) is 40.6 cm³/mol. The van der Waals surface area contributed by atoms with Gasteiger partial charge in [-0.25, -0.2) is 8.94 Å². The lowest BCUT2D eigenvalue weighted by atomic mass is 10.7. The average Bonchev–Trinajstić information content (AvgIpc) is 1.86. The van der Waals surface area contributed by atoms with Crippen LogP contribution in [0.2, 0.25) is 0 Å². The van der Waals surface area contributed by atoms with Crippen molar-refractivity contribution in [2.45, 2.75) is 0 Å². The van der Waals surface area contributed by atoms with Crippen molar-refractivity contribution in [3.8, 4) is 0 Å². The molecule has 0 aromatic heterocycles. The Morgan fingerprint density at radius 3 is 2.73 bits per heavy atom. The van der Waals surface area contributed by atoms with E-state index in [1.54, 1.807) is 0 Å². The Morgan fingerprint density at radius 2 is 2.27 bits per heavy atom. The minimum Gasteiger partial charge on any atom is -0.326 e. The summed E-state index contributed by atoms with van der Waals surface area (Å²) in [7, 11) is -6.07. The average molecular weight is 201 g/mol. The Balaban J connectivity index is 3.37. The number of hydrogen-bond donors (Lipinski definition) is 2. The van der Waals surface area contributed by atoms with Crippen LogP contribution in [0.15, 0.2) is 12.7 Å². The minimum absolute atomic E-state index is 0.284. The fourth-order valence-corrected chi connectivity index (χ4v) is 1.19. The van der Waals surface area contributed by atoms with Crippen LogP contribution < -0.4 is 5.48 Å². The second-order valence-electron chi connectivity index (χ2n) is 1.36. The summed E-state index contributed by atoms with van der Waals surface area (Å²) < 4.78 is 28.5. The van der Waals surface area contributed by atoms with Gasteiger partial charge in [0.2, 0.25) is 0 Å². The van der Waals surface area contributed by atoms with E-state index in [2.05, 4.69) is 21.0 Å². The van der Waals surface area contributed by atoms with E-state index < -0.39 is 16.5 Å². The molecule has 0 spiro atoms. The van der Waals surface area contributed by atoms with Crippen molar-refractivity contribution in [2.24, 2.45) is 0 Å². The van der Waals surface area contributed by atoms with Crippen molar-refractivity contribution in [1.29, 1.82) is 0 Å². The lowest BCUT2D eigenvalue weighted by Crippen LogP contribution is -2.08. The SMILES string of the molecule is C=CCNO[PH](=O)O[PH](=O)O. The molecule has 0 saturated heterocycles. The van der Waals surface area contributed by atoms with E-state index in [9.17, 15) is 9.13 Å². The summed E-state index contributed by atoms with van der Waals surface area (Å²) in [6.07, 6.45) is 1.47. The number of rotatable bonds is 6. The zero-order valence-corrected chi connectivity index (χ0v) is 7.57. The monoisotopic (exact) mass is 201 g/mol. The molecule has 0 bridgehead atoms. The zero-order chi connectivity index (χ0) is 8.69. The van der Waals surface area contributed by atoms with Gasteiger partial charge >= 0.3 is 16.5 Å². The molecule has 0 saturated carbocycles. The van der Waals surface area contributed by atoms with Gasteiger partial charge in [-0.1, -0.05) is 6.08 Å². The number of hydroxylamine groups is 1. The van der Waals surface area contributed by atoms with Crippen LogP contribution in [-0.2, 0) is 18.1 Å². The van der Waals surface area contributed by atoms with Crippen molar-refractivity contribution >= 4 is 16.5 Å². The molecule has 8 heteroatoms. The van der Waals surface area contributed by atoms with Gasteiger partial charge in [0.1, 0.15) is 0 Å². The third-order valence-electron chi connectivity index (χ3n) is 0.554. The van der Waals surface area contributed by atoms with Gasteiger partial charge in [0.15, 0.2) is 0 Å². The maximum Gasteiger partial charge on any atom is 0.342 e. The molecule has 2 unspecified atom stereocenters. The van der Waals surface area contributed by atoms with Crippen LogP contribution in [0.3, 0.4) is 0 Å². The fourth-order valence-electron chi connectivity index (χ4n) is 0.252. The number of nitrogens with one attached hydrogen (secondary N) is 1. The molecule has 0 aromatic rings. The lowest BCUT2D eigenvalue weighted by Gasteiger charge is -2.00. The maximum atomic E-state index is 10.4. The summed E-state index contributed by atoms with van der Waals surface area (Å²) >= 11 is 0. The normalized spacial score (nSPS) is 15.7. The van der Waals surface area contributed by atoms with Crippen molar-refractivity contribution in [1.82, 2.24) is 5.48 Å². The third kappa shape index (κ3) is 7.94. The molecular formula is C3H9NO5P2. The first-order valence-electron chi connectivity index (χ1n) is 2.62. The first-order valence-corrected chi connectivity index (χ1v) is 5.11. The molecule has 0 amide bonds. The van der Waals surface area contributed by atoms with Crippen LogP contribution in [0.1, 0.15) is 0 Å². The molecule has 0 aromatic carbocycles. The highest BCUT2D eigenvalue weighted by Gasteiger charge is 2.01. The lowest BCUT2D eigenvalue weighted by molar-refractivity contribution is 0.195. The van der Waals surface area contributed by atoms with Gasteiger partial charge in [-0.15, -0.1) is 6.58 Å². The van der Waals surface area contributed by atoms with Crippen LogP contribution in [0, 0.1) is 0 Å². The predicted octanol–water partition coefficient (Wildman–Crippen LogP) is 0.482. The zero-order valence-electron chi connectivity index (χ0n) is 5.57. The Bertz CT molecular complexity index is 171. The van der Waals surface area contributed by atoms with E-state index in [4.69, 9.17) is 4.89 Å². The second kappa shape index (κ2) is 6.73. The summed E-state index contributed by atoms with van der Waals surface area (Å²) in [5.74, 6) is 0. The standard InChI is InChI=1S/C3H9NO5P2/c1-2-3-4-8-11(7)9-10(5)6/h2,4,10-11H,1,3H2,(H,5,6). The van der Waals surface area contributed by atoms with E-state index in [1.807, 2.05) is 0 Å². The Kier molecular flexibility index (Phi) is 6.76. The smallest absolute Gasteiger partial charge is 0.326 e. The van der Waals surface area contributed by atoms with Gasteiger partial charge < -0.3 is 4.89 Å². The van der Waals surface area contributed by atoms with E-state index in [0.29, 0.717) is 0 Å². The van der Waals surface area contributed by atoms with Crippen LogP contribution in [0.5, 0.6) is 0 Å². The van der Waals surface area contributed by atoms with Crippen LogP contribution >= 0.6 is 16.5 Å². The molecule has 0 aliphatic heterocycles. The minimum atomic E-state index is -3.18. The molecule has 2 N–H and O–H groups in total. The molecular weight excluding hydrogens is 192 g/mol. The molecule has 0 aliphatic rings. The van der Waals surface area contributed by atoms with Crippen molar-refractivity contribution in [3.63, 3.8) is 0 Å². The molecule has 0 radical (unpaired) electrons. The summed E-state index contributed by atoms with van der Waals surface area (Å²) in [5.41, 5.74) is 2.20. The fraction of sp³-hybridized carbons (Fsp3) is 0.333.